The van der Waals surface area contributed by atoms with E-state index in [-0.39, 0.29) is 5.82 Å². The van der Waals surface area contributed by atoms with Gasteiger partial charge in [0.05, 0.1) is 11.0 Å². The Labute approximate surface area is 79.2 Å². The average molecular weight is 194 g/mol. The third-order valence-electron chi connectivity index (χ3n) is 1.74. The highest BCUT2D eigenvalue weighted by molar-refractivity contribution is 7.98. The first kappa shape index (κ1) is 8.44. The summed E-state index contributed by atoms with van der Waals surface area (Å²) in [6, 6.07) is 3.12. The first-order chi connectivity index (χ1) is 6.31. The number of fused-ring (bicyclic) bond motifs is 1. The van der Waals surface area contributed by atoms with Crippen molar-refractivity contribution in [3.63, 3.8) is 0 Å². The van der Waals surface area contributed by atoms with Crippen molar-refractivity contribution in [1.29, 1.82) is 0 Å². The van der Waals surface area contributed by atoms with Crippen LogP contribution in [0.25, 0.3) is 11.0 Å². The van der Waals surface area contributed by atoms with E-state index >= 15 is 0 Å². The van der Waals surface area contributed by atoms with Crippen molar-refractivity contribution in [3.05, 3.63) is 30.3 Å². The summed E-state index contributed by atoms with van der Waals surface area (Å²) < 4.78 is 13.2. The van der Waals surface area contributed by atoms with Gasteiger partial charge in [0.2, 0.25) is 0 Å². The van der Waals surface area contributed by atoms with Crippen LogP contribution in [0.15, 0.2) is 29.4 Å². The Bertz CT molecular complexity index is 445. The second kappa shape index (κ2) is 3.30. The molecule has 0 aliphatic carbocycles. The van der Waals surface area contributed by atoms with Gasteiger partial charge in [0.1, 0.15) is 5.82 Å². The first-order valence-corrected chi connectivity index (χ1v) is 4.98. The second-order valence-electron chi connectivity index (χ2n) is 2.53. The number of hydrogen-bond donors (Lipinski definition) is 0. The van der Waals surface area contributed by atoms with E-state index in [2.05, 4.69) is 9.97 Å². The molecule has 2 aromatic rings. The molecule has 0 bridgehead atoms. The van der Waals surface area contributed by atoms with Gasteiger partial charge in [-0.2, -0.15) is 0 Å². The van der Waals surface area contributed by atoms with Crippen molar-refractivity contribution in [1.82, 2.24) is 9.97 Å². The number of hydrogen-bond acceptors (Lipinski definition) is 3. The molecule has 0 saturated heterocycles. The third kappa shape index (κ3) is 1.49. The van der Waals surface area contributed by atoms with Gasteiger partial charge in [-0.15, -0.1) is 11.8 Å². The van der Waals surface area contributed by atoms with E-state index in [0.29, 0.717) is 10.4 Å². The summed E-state index contributed by atoms with van der Waals surface area (Å²) in [5.41, 5.74) is 1.33. The summed E-state index contributed by atoms with van der Waals surface area (Å²) in [5.74, 6) is -0.236. The molecule has 0 N–H and O–H groups in total. The minimum absolute atomic E-state index is 0.236. The van der Waals surface area contributed by atoms with E-state index in [0.717, 1.165) is 5.52 Å². The van der Waals surface area contributed by atoms with Crippen LogP contribution in [0.5, 0.6) is 0 Å². The van der Waals surface area contributed by atoms with E-state index in [1.165, 1.54) is 17.8 Å². The molecule has 1 aromatic heterocycles. The normalized spacial score (nSPS) is 10.6. The van der Waals surface area contributed by atoms with Crippen molar-refractivity contribution >= 4 is 22.8 Å². The lowest BCUT2D eigenvalue weighted by Crippen LogP contribution is -1.86. The molecule has 0 amide bonds. The van der Waals surface area contributed by atoms with Gasteiger partial charge in [-0.3, -0.25) is 9.97 Å². The van der Waals surface area contributed by atoms with Gasteiger partial charge in [-0.25, -0.2) is 4.39 Å². The lowest BCUT2D eigenvalue weighted by molar-refractivity contribution is 0.604. The van der Waals surface area contributed by atoms with Crippen molar-refractivity contribution in [3.8, 4) is 0 Å². The van der Waals surface area contributed by atoms with Gasteiger partial charge in [0, 0.05) is 23.4 Å². The van der Waals surface area contributed by atoms with E-state index in [1.807, 2.05) is 6.26 Å². The predicted molar refractivity (Wildman–Crippen MR) is 51.3 cm³/mol. The first-order valence-electron chi connectivity index (χ1n) is 3.75. The highest BCUT2D eigenvalue weighted by atomic mass is 32.2. The fraction of sp³-hybridized carbons (Fsp3) is 0.111. The number of nitrogens with zero attached hydrogens (tertiary/aromatic N) is 2. The van der Waals surface area contributed by atoms with Crippen LogP contribution < -0.4 is 0 Å². The van der Waals surface area contributed by atoms with E-state index in [9.17, 15) is 4.39 Å². The largest absolute Gasteiger partial charge is 0.253 e. The third-order valence-corrected chi connectivity index (χ3v) is 2.50. The number of rotatable bonds is 1. The molecule has 1 heterocycles. The maximum atomic E-state index is 13.2. The average Bonchev–Trinajstić information content (AvgIpc) is 2.17. The van der Waals surface area contributed by atoms with Crippen LogP contribution in [-0.2, 0) is 0 Å². The Hall–Kier alpha value is -1.16. The van der Waals surface area contributed by atoms with E-state index in [4.69, 9.17) is 0 Å². The SMILES string of the molecule is CSc1cc2nccnc2cc1F. The lowest BCUT2D eigenvalue weighted by Gasteiger charge is -2.00. The topological polar surface area (TPSA) is 25.8 Å². The van der Waals surface area contributed by atoms with Crippen LogP contribution in [-0.4, -0.2) is 16.2 Å². The molecule has 0 aliphatic rings. The van der Waals surface area contributed by atoms with Crippen LogP contribution in [0.4, 0.5) is 4.39 Å². The molecule has 0 atom stereocenters. The van der Waals surface area contributed by atoms with Crippen LogP contribution in [0.3, 0.4) is 0 Å². The quantitative estimate of drug-likeness (QED) is 0.652. The second-order valence-corrected chi connectivity index (χ2v) is 3.38. The Balaban J connectivity index is 2.74. The molecule has 1 aromatic carbocycles. The summed E-state index contributed by atoms with van der Waals surface area (Å²) in [7, 11) is 0. The molecular formula is C9H7FN2S. The van der Waals surface area contributed by atoms with Gasteiger partial charge in [0.25, 0.3) is 0 Å². The molecule has 0 saturated carbocycles. The number of aromatic nitrogens is 2. The Morgan fingerprint density at radius 1 is 1.15 bits per heavy atom. The van der Waals surface area contributed by atoms with Gasteiger partial charge in [0.15, 0.2) is 0 Å². The predicted octanol–water partition coefficient (Wildman–Crippen LogP) is 2.49. The standard InChI is InChI=1S/C9H7FN2S/c1-13-9-5-8-7(4-6(9)10)11-2-3-12-8/h2-5H,1H3. The number of thioether (sulfide) groups is 1. The zero-order valence-electron chi connectivity index (χ0n) is 6.99. The Kier molecular flexibility index (Phi) is 2.14. The van der Waals surface area contributed by atoms with E-state index in [1.54, 1.807) is 18.5 Å². The van der Waals surface area contributed by atoms with Crippen LogP contribution in [0, 0.1) is 5.82 Å². The maximum Gasteiger partial charge on any atom is 0.139 e. The summed E-state index contributed by atoms with van der Waals surface area (Å²) in [4.78, 5) is 8.70. The van der Waals surface area contributed by atoms with Crippen molar-refractivity contribution < 1.29 is 4.39 Å². The lowest BCUT2D eigenvalue weighted by atomic mass is 10.3. The summed E-state index contributed by atoms with van der Waals surface area (Å²) >= 11 is 1.37. The van der Waals surface area contributed by atoms with Gasteiger partial charge in [-0.1, -0.05) is 0 Å². The smallest absolute Gasteiger partial charge is 0.139 e. The monoisotopic (exact) mass is 194 g/mol. The van der Waals surface area contributed by atoms with E-state index < -0.39 is 0 Å². The molecule has 2 rings (SSSR count). The fourth-order valence-electron chi connectivity index (χ4n) is 1.12. The van der Waals surface area contributed by atoms with Gasteiger partial charge >= 0.3 is 0 Å². The minimum Gasteiger partial charge on any atom is -0.253 e. The van der Waals surface area contributed by atoms with Crippen molar-refractivity contribution in [2.75, 3.05) is 6.26 Å². The zero-order chi connectivity index (χ0) is 9.26. The molecule has 0 fully saturated rings. The molecule has 66 valence electrons. The zero-order valence-corrected chi connectivity index (χ0v) is 7.81. The maximum absolute atomic E-state index is 13.2. The Morgan fingerprint density at radius 2 is 1.77 bits per heavy atom. The van der Waals surface area contributed by atoms with Gasteiger partial charge < -0.3 is 0 Å². The van der Waals surface area contributed by atoms with Crippen molar-refractivity contribution in [2.45, 2.75) is 4.90 Å². The summed E-state index contributed by atoms with van der Waals surface area (Å²) in [6.45, 7) is 0. The van der Waals surface area contributed by atoms with Crippen LogP contribution in [0.1, 0.15) is 0 Å². The summed E-state index contributed by atoms with van der Waals surface area (Å²) in [6.07, 6.45) is 4.99. The molecule has 13 heavy (non-hydrogen) atoms. The fourth-order valence-corrected chi connectivity index (χ4v) is 1.61. The molecule has 2 nitrogen and oxygen atoms in total. The molecule has 0 radical (unpaired) electrons. The number of halogens is 1. The Morgan fingerprint density at radius 3 is 2.38 bits per heavy atom. The molecule has 0 spiro atoms. The van der Waals surface area contributed by atoms with Crippen LogP contribution >= 0.6 is 11.8 Å². The number of benzene rings is 1. The molecule has 0 aliphatic heterocycles. The highest BCUT2D eigenvalue weighted by Gasteiger charge is 2.04. The molecular weight excluding hydrogens is 187 g/mol. The van der Waals surface area contributed by atoms with Crippen LogP contribution in [0.2, 0.25) is 0 Å². The minimum atomic E-state index is -0.236. The van der Waals surface area contributed by atoms with Gasteiger partial charge in [-0.05, 0) is 12.3 Å². The van der Waals surface area contributed by atoms with Crippen molar-refractivity contribution in [2.24, 2.45) is 0 Å². The summed E-state index contributed by atoms with van der Waals surface area (Å²) in [5, 5.41) is 0. The molecule has 4 heteroatoms. The highest BCUT2D eigenvalue weighted by Crippen LogP contribution is 2.22. The molecule has 0 unspecified atom stereocenters.